The van der Waals surface area contributed by atoms with Crippen molar-refractivity contribution >= 4 is 29.0 Å². The number of esters is 1. The monoisotopic (exact) mass is 458 g/mol. The second-order valence-electron chi connectivity index (χ2n) is 5.84. The summed E-state index contributed by atoms with van der Waals surface area (Å²) in [5.74, 6) is -4.53. The molecule has 0 unspecified atom stereocenters. The second-order valence-corrected chi connectivity index (χ2v) is 6.25. The number of carbonyl (C=O) groups excluding carboxylic acids is 1. The molecule has 31 heavy (non-hydrogen) atoms. The lowest BCUT2D eigenvalue weighted by Crippen LogP contribution is -2.20. The highest BCUT2D eigenvalue weighted by atomic mass is 35.5. The average Bonchev–Trinajstić information content (AvgIpc) is 2.75. The minimum atomic E-state index is -1.43. The van der Waals surface area contributed by atoms with Gasteiger partial charge in [0.2, 0.25) is 0 Å². The molecular formula is C20H18ClF3N2O5. The number of methoxy groups -OCH3 is 2. The van der Waals surface area contributed by atoms with Gasteiger partial charge in [0.25, 0.3) is 0 Å². The third-order valence-corrected chi connectivity index (χ3v) is 4.29. The van der Waals surface area contributed by atoms with Crippen LogP contribution in [0.25, 0.3) is 0 Å². The maximum atomic E-state index is 14.1. The van der Waals surface area contributed by atoms with Crippen molar-refractivity contribution in [3.63, 3.8) is 0 Å². The zero-order chi connectivity index (χ0) is 23.0. The van der Waals surface area contributed by atoms with E-state index in [2.05, 4.69) is 19.9 Å². The molecule has 0 N–H and O–H groups in total. The molecule has 166 valence electrons. The lowest BCUT2D eigenvalue weighted by Gasteiger charge is -2.12. The van der Waals surface area contributed by atoms with Crippen LogP contribution in [0.2, 0.25) is 5.02 Å². The predicted molar refractivity (Wildman–Crippen MR) is 107 cm³/mol. The third kappa shape index (κ3) is 5.74. The van der Waals surface area contributed by atoms with Crippen LogP contribution in [-0.4, -0.2) is 45.3 Å². The molecule has 0 heterocycles. The molecule has 2 aromatic carbocycles. The average molecular weight is 459 g/mol. The molecule has 0 aliphatic carbocycles. The van der Waals surface area contributed by atoms with E-state index in [1.165, 1.54) is 26.4 Å². The van der Waals surface area contributed by atoms with Crippen LogP contribution >= 0.6 is 11.6 Å². The first-order valence-corrected chi connectivity index (χ1v) is 9.02. The summed E-state index contributed by atoms with van der Waals surface area (Å²) < 4.78 is 51.4. The van der Waals surface area contributed by atoms with E-state index in [-0.39, 0.29) is 40.8 Å². The normalized spacial score (nSPS) is 12.0. The zero-order valence-corrected chi connectivity index (χ0v) is 17.5. The van der Waals surface area contributed by atoms with Gasteiger partial charge in [-0.25, -0.2) is 18.0 Å². The Hall–Kier alpha value is -3.11. The molecule has 0 radical (unpaired) electrons. The fourth-order valence-corrected chi connectivity index (χ4v) is 2.79. The minimum absolute atomic E-state index is 0.186. The molecule has 0 saturated heterocycles. The molecule has 0 fully saturated rings. The van der Waals surface area contributed by atoms with Gasteiger partial charge in [0.1, 0.15) is 25.2 Å². The predicted octanol–water partition coefficient (Wildman–Crippen LogP) is 3.85. The van der Waals surface area contributed by atoms with E-state index in [0.29, 0.717) is 6.07 Å². The number of oxime groups is 2. The summed E-state index contributed by atoms with van der Waals surface area (Å²) in [4.78, 5) is 22.0. The fourth-order valence-electron chi connectivity index (χ4n) is 2.56. The van der Waals surface area contributed by atoms with Crippen LogP contribution in [0.3, 0.4) is 0 Å². The van der Waals surface area contributed by atoms with Crippen molar-refractivity contribution in [2.24, 2.45) is 10.3 Å². The van der Waals surface area contributed by atoms with E-state index in [9.17, 15) is 18.0 Å². The molecule has 0 aromatic heterocycles. The molecule has 0 aliphatic heterocycles. The van der Waals surface area contributed by atoms with Crippen molar-refractivity contribution in [1.82, 2.24) is 0 Å². The van der Waals surface area contributed by atoms with Crippen molar-refractivity contribution < 1.29 is 37.1 Å². The van der Waals surface area contributed by atoms with Gasteiger partial charge in [0.15, 0.2) is 17.3 Å². The number of halogens is 4. The van der Waals surface area contributed by atoms with E-state index < -0.39 is 29.0 Å². The Morgan fingerprint density at radius 3 is 2.39 bits per heavy atom. The first-order valence-electron chi connectivity index (χ1n) is 8.64. The number of hydrogen-bond acceptors (Lipinski definition) is 7. The number of carbonyl (C=O) groups is 1. The van der Waals surface area contributed by atoms with Crippen LogP contribution < -0.4 is 0 Å². The van der Waals surface area contributed by atoms with Gasteiger partial charge in [-0.1, -0.05) is 34.0 Å². The minimum Gasteiger partial charge on any atom is -0.464 e. The first-order chi connectivity index (χ1) is 14.8. The molecule has 7 nitrogen and oxygen atoms in total. The summed E-state index contributed by atoms with van der Waals surface area (Å²) in [6.45, 7) is -0.703. The Labute approximate surface area is 181 Å². The van der Waals surface area contributed by atoms with Crippen LogP contribution in [0.1, 0.15) is 16.7 Å². The van der Waals surface area contributed by atoms with Gasteiger partial charge in [0.05, 0.1) is 19.3 Å². The van der Waals surface area contributed by atoms with E-state index >= 15 is 0 Å². The van der Waals surface area contributed by atoms with Gasteiger partial charge in [-0.2, -0.15) is 0 Å². The summed E-state index contributed by atoms with van der Waals surface area (Å²) in [6.07, 6.45) is 0. The number of benzene rings is 2. The van der Waals surface area contributed by atoms with Crippen LogP contribution in [0, 0.1) is 17.5 Å². The van der Waals surface area contributed by atoms with Crippen molar-refractivity contribution in [1.29, 1.82) is 0 Å². The van der Waals surface area contributed by atoms with Gasteiger partial charge >= 0.3 is 5.97 Å². The molecule has 2 aromatic rings. The van der Waals surface area contributed by atoms with Gasteiger partial charge < -0.3 is 19.1 Å². The van der Waals surface area contributed by atoms with E-state index in [1.807, 2.05) is 0 Å². The number of ether oxygens (including phenoxy) is 2. The van der Waals surface area contributed by atoms with Crippen molar-refractivity contribution in [3.8, 4) is 0 Å². The smallest absolute Gasteiger partial charge is 0.360 e. The molecule has 0 atom stereocenters. The van der Waals surface area contributed by atoms with Crippen LogP contribution in [0.15, 0.2) is 40.6 Å². The Balaban J connectivity index is 2.42. The maximum Gasteiger partial charge on any atom is 0.360 e. The molecule has 11 heteroatoms. The lowest BCUT2D eigenvalue weighted by molar-refractivity contribution is -0.132. The van der Waals surface area contributed by atoms with E-state index in [0.717, 1.165) is 13.2 Å². The maximum absolute atomic E-state index is 14.1. The SMILES string of the molecule is COC/C(=N\OCc1c(Cl)cccc1/C(=N\OC)C(=O)OC)c1c(F)ccc(F)c1F. The molecule has 0 saturated carbocycles. The second kappa shape index (κ2) is 11.3. The van der Waals surface area contributed by atoms with Gasteiger partial charge in [-0.15, -0.1) is 0 Å². The quantitative estimate of drug-likeness (QED) is 0.247. The van der Waals surface area contributed by atoms with Crippen molar-refractivity contribution in [2.75, 3.05) is 27.9 Å². The van der Waals surface area contributed by atoms with Gasteiger partial charge in [-0.05, 0) is 18.2 Å². The summed E-state index contributed by atoms with van der Waals surface area (Å²) in [6, 6.07) is 6.02. The molecule has 2 rings (SSSR count). The lowest BCUT2D eigenvalue weighted by atomic mass is 10.0. The number of nitrogens with zero attached hydrogens (tertiary/aromatic N) is 2. The summed E-state index contributed by atoms with van der Waals surface area (Å²) in [5.41, 5.74) is -0.741. The highest BCUT2D eigenvalue weighted by Crippen LogP contribution is 2.23. The van der Waals surface area contributed by atoms with Crippen molar-refractivity contribution in [2.45, 2.75) is 6.61 Å². The molecule has 0 amide bonds. The first kappa shape index (κ1) is 24.2. The third-order valence-electron chi connectivity index (χ3n) is 3.93. The Bertz CT molecular complexity index is 1010. The molecule has 0 spiro atoms. The van der Waals surface area contributed by atoms with E-state index in [4.69, 9.17) is 21.2 Å². The molecule has 0 aliphatic rings. The number of rotatable bonds is 9. The molecular weight excluding hydrogens is 441 g/mol. The topological polar surface area (TPSA) is 78.7 Å². The highest BCUT2D eigenvalue weighted by molar-refractivity contribution is 6.44. The van der Waals surface area contributed by atoms with Crippen LogP contribution in [0.5, 0.6) is 0 Å². The Morgan fingerprint density at radius 2 is 1.74 bits per heavy atom. The van der Waals surface area contributed by atoms with Gasteiger partial charge in [0, 0.05) is 23.3 Å². The Morgan fingerprint density at radius 1 is 1.03 bits per heavy atom. The van der Waals surface area contributed by atoms with Gasteiger partial charge in [-0.3, -0.25) is 0 Å². The highest BCUT2D eigenvalue weighted by Gasteiger charge is 2.22. The van der Waals surface area contributed by atoms with Crippen LogP contribution in [0.4, 0.5) is 13.2 Å². The standard InChI is InChI=1S/C20H18ClF3N2O5/c1-28-10-16(17-14(22)7-8-15(23)18(17)24)25-31-9-12-11(5-4-6-13(12)21)19(26-30-3)20(27)29-2/h4-8H,9-10H2,1-3H3/b25-16+,26-19+. The zero-order valence-electron chi connectivity index (χ0n) is 16.7. The largest absolute Gasteiger partial charge is 0.464 e. The van der Waals surface area contributed by atoms with Crippen molar-refractivity contribution in [3.05, 3.63) is 69.5 Å². The fraction of sp³-hybridized carbons (Fsp3) is 0.250. The van der Waals surface area contributed by atoms with Crippen LogP contribution in [-0.2, 0) is 30.6 Å². The summed E-state index contributed by atoms with van der Waals surface area (Å²) in [5, 5.41) is 7.54. The summed E-state index contributed by atoms with van der Waals surface area (Å²) >= 11 is 6.22. The number of hydrogen-bond donors (Lipinski definition) is 0. The Kier molecular flexibility index (Phi) is 8.83. The summed E-state index contributed by atoms with van der Waals surface area (Å²) in [7, 11) is 3.67. The molecule has 0 bridgehead atoms. The van der Waals surface area contributed by atoms with E-state index in [1.54, 1.807) is 6.07 Å².